The molecule has 96 valence electrons. The molecule has 0 atom stereocenters. The molecule has 2 aromatic heterocycles. The minimum absolute atomic E-state index is 0.665. The number of nitrogens with zero attached hydrogens (tertiary/aromatic N) is 2. The summed E-state index contributed by atoms with van der Waals surface area (Å²) in [4.78, 5) is 11.8. The van der Waals surface area contributed by atoms with E-state index in [-0.39, 0.29) is 0 Å². The van der Waals surface area contributed by atoms with E-state index in [2.05, 4.69) is 15.0 Å². The van der Waals surface area contributed by atoms with Gasteiger partial charge in [0, 0.05) is 22.0 Å². The summed E-state index contributed by atoms with van der Waals surface area (Å²) in [5.74, 6) is 0.665. The number of thioether (sulfide) groups is 1. The van der Waals surface area contributed by atoms with Crippen LogP contribution in [0, 0.1) is 0 Å². The molecule has 2 heterocycles. The standard InChI is InChI=1S/C13H9Cl2N3S/c14-9-3-1-4-10(15)8(9)7-19-13-17-11-5-2-6-16-12(11)18-13/h1-6H,7H2,(H,16,17,18). The van der Waals surface area contributed by atoms with Crippen molar-refractivity contribution in [1.82, 2.24) is 15.0 Å². The van der Waals surface area contributed by atoms with E-state index in [0.29, 0.717) is 15.8 Å². The van der Waals surface area contributed by atoms with E-state index in [1.54, 1.807) is 18.0 Å². The van der Waals surface area contributed by atoms with Gasteiger partial charge in [0.15, 0.2) is 10.8 Å². The second kappa shape index (κ2) is 5.41. The molecule has 0 amide bonds. The van der Waals surface area contributed by atoms with Crippen LogP contribution in [0.4, 0.5) is 0 Å². The minimum Gasteiger partial charge on any atom is -0.332 e. The molecule has 0 radical (unpaired) electrons. The molecular formula is C13H9Cl2N3S. The molecule has 3 rings (SSSR count). The first-order chi connectivity index (χ1) is 9.24. The Balaban J connectivity index is 1.82. The molecule has 6 heteroatoms. The summed E-state index contributed by atoms with van der Waals surface area (Å²) in [5.41, 5.74) is 2.56. The fourth-order valence-corrected chi connectivity index (χ4v) is 3.32. The first-order valence-electron chi connectivity index (χ1n) is 5.60. The zero-order chi connectivity index (χ0) is 13.2. The maximum absolute atomic E-state index is 6.13. The SMILES string of the molecule is Clc1cccc(Cl)c1CSc1nc2ncccc2[nH]1. The highest BCUT2D eigenvalue weighted by Crippen LogP contribution is 2.30. The predicted molar refractivity (Wildman–Crippen MR) is 79.9 cm³/mol. The summed E-state index contributed by atoms with van der Waals surface area (Å²) in [6.07, 6.45) is 1.72. The predicted octanol–water partition coefficient (Wildman–Crippen LogP) is 4.56. The third-order valence-corrected chi connectivity index (χ3v) is 4.26. The van der Waals surface area contributed by atoms with E-state index in [4.69, 9.17) is 23.2 Å². The Labute approximate surface area is 124 Å². The number of pyridine rings is 1. The van der Waals surface area contributed by atoms with Gasteiger partial charge in [0.1, 0.15) is 0 Å². The minimum atomic E-state index is 0.665. The second-order valence-corrected chi connectivity index (χ2v) is 5.68. The molecule has 0 aliphatic carbocycles. The number of aromatic amines is 1. The Bertz CT molecular complexity index is 673. The van der Waals surface area contributed by atoms with Crippen molar-refractivity contribution in [3.63, 3.8) is 0 Å². The lowest BCUT2D eigenvalue weighted by molar-refractivity contribution is 1.07. The van der Waals surface area contributed by atoms with Crippen LogP contribution < -0.4 is 0 Å². The van der Waals surface area contributed by atoms with Gasteiger partial charge >= 0.3 is 0 Å². The highest BCUT2D eigenvalue weighted by atomic mass is 35.5. The van der Waals surface area contributed by atoms with Gasteiger partial charge in [-0.15, -0.1) is 0 Å². The fraction of sp³-hybridized carbons (Fsp3) is 0.0769. The van der Waals surface area contributed by atoms with Gasteiger partial charge in [-0.2, -0.15) is 0 Å². The van der Waals surface area contributed by atoms with Crippen molar-refractivity contribution in [3.05, 3.63) is 52.1 Å². The average molecular weight is 310 g/mol. The van der Waals surface area contributed by atoms with E-state index in [1.165, 1.54) is 0 Å². The molecule has 0 bridgehead atoms. The monoisotopic (exact) mass is 309 g/mol. The number of H-pyrrole nitrogens is 1. The lowest BCUT2D eigenvalue weighted by atomic mass is 10.2. The largest absolute Gasteiger partial charge is 0.332 e. The Morgan fingerprint density at radius 2 is 1.89 bits per heavy atom. The van der Waals surface area contributed by atoms with Crippen LogP contribution in [0.25, 0.3) is 11.2 Å². The summed E-state index contributed by atoms with van der Waals surface area (Å²) >= 11 is 13.8. The number of imidazole rings is 1. The van der Waals surface area contributed by atoms with E-state index < -0.39 is 0 Å². The van der Waals surface area contributed by atoms with Crippen LogP contribution in [0.1, 0.15) is 5.56 Å². The lowest BCUT2D eigenvalue weighted by Gasteiger charge is -2.04. The van der Waals surface area contributed by atoms with Crippen LogP contribution in [0.15, 0.2) is 41.7 Å². The van der Waals surface area contributed by atoms with Crippen LogP contribution in [-0.4, -0.2) is 15.0 Å². The summed E-state index contributed by atoms with van der Waals surface area (Å²) in [6, 6.07) is 9.33. The third kappa shape index (κ3) is 2.71. The second-order valence-electron chi connectivity index (χ2n) is 3.91. The Hall–Kier alpha value is -1.23. The number of hydrogen-bond donors (Lipinski definition) is 1. The van der Waals surface area contributed by atoms with Gasteiger partial charge in [-0.1, -0.05) is 41.0 Å². The van der Waals surface area contributed by atoms with Gasteiger partial charge in [0.25, 0.3) is 0 Å². The Kier molecular flexibility index (Phi) is 3.64. The van der Waals surface area contributed by atoms with E-state index >= 15 is 0 Å². The van der Waals surface area contributed by atoms with Gasteiger partial charge in [0.05, 0.1) is 5.52 Å². The molecule has 3 nitrogen and oxygen atoms in total. The summed E-state index contributed by atoms with van der Waals surface area (Å²) in [7, 11) is 0. The molecule has 1 N–H and O–H groups in total. The summed E-state index contributed by atoms with van der Waals surface area (Å²) < 4.78 is 0. The van der Waals surface area contributed by atoms with E-state index in [1.807, 2.05) is 30.3 Å². The van der Waals surface area contributed by atoms with Crippen molar-refractivity contribution < 1.29 is 0 Å². The van der Waals surface area contributed by atoms with Crippen LogP contribution in [0.2, 0.25) is 10.0 Å². The topological polar surface area (TPSA) is 41.6 Å². The van der Waals surface area contributed by atoms with Crippen molar-refractivity contribution >= 4 is 46.1 Å². The zero-order valence-electron chi connectivity index (χ0n) is 9.73. The van der Waals surface area contributed by atoms with E-state index in [9.17, 15) is 0 Å². The van der Waals surface area contributed by atoms with Gasteiger partial charge in [0.2, 0.25) is 0 Å². The first kappa shape index (κ1) is 12.8. The molecule has 0 aliphatic rings. The zero-order valence-corrected chi connectivity index (χ0v) is 12.1. The number of benzene rings is 1. The van der Waals surface area contributed by atoms with Gasteiger partial charge < -0.3 is 4.98 Å². The van der Waals surface area contributed by atoms with Gasteiger partial charge in [-0.05, 0) is 29.8 Å². The summed E-state index contributed by atoms with van der Waals surface area (Å²) in [6.45, 7) is 0. The Morgan fingerprint density at radius 3 is 2.63 bits per heavy atom. The molecule has 0 saturated carbocycles. The van der Waals surface area contributed by atoms with Crippen molar-refractivity contribution in [2.45, 2.75) is 10.9 Å². The van der Waals surface area contributed by atoms with E-state index in [0.717, 1.165) is 21.9 Å². The number of rotatable bonds is 3. The number of hydrogen-bond acceptors (Lipinski definition) is 3. The van der Waals surface area contributed by atoms with Crippen molar-refractivity contribution in [1.29, 1.82) is 0 Å². The molecule has 19 heavy (non-hydrogen) atoms. The quantitative estimate of drug-likeness (QED) is 0.721. The van der Waals surface area contributed by atoms with Crippen molar-refractivity contribution in [2.75, 3.05) is 0 Å². The van der Waals surface area contributed by atoms with Crippen LogP contribution in [-0.2, 0) is 5.75 Å². The van der Waals surface area contributed by atoms with Crippen LogP contribution in [0.3, 0.4) is 0 Å². The molecule has 0 unspecified atom stereocenters. The highest BCUT2D eigenvalue weighted by Gasteiger charge is 2.08. The first-order valence-corrected chi connectivity index (χ1v) is 7.34. The highest BCUT2D eigenvalue weighted by molar-refractivity contribution is 7.98. The lowest BCUT2D eigenvalue weighted by Crippen LogP contribution is -1.85. The molecule has 3 aromatic rings. The number of fused-ring (bicyclic) bond motifs is 1. The molecule has 0 aliphatic heterocycles. The normalized spacial score (nSPS) is 11.1. The molecule has 0 spiro atoms. The maximum Gasteiger partial charge on any atom is 0.178 e. The molecule has 1 aromatic carbocycles. The maximum atomic E-state index is 6.13. The van der Waals surface area contributed by atoms with Gasteiger partial charge in [-0.25, -0.2) is 9.97 Å². The number of nitrogens with one attached hydrogen (secondary N) is 1. The van der Waals surface area contributed by atoms with Crippen molar-refractivity contribution in [2.24, 2.45) is 0 Å². The number of aromatic nitrogens is 3. The number of halogens is 2. The van der Waals surface area contributed by atoms with Crippen LogP contribution >= 0.6 is 35.0 Å². The fourth-order valence-electron chi connectivity index (χ4n) is 1.70. The Morgan fingerprint density at radius 1 is 1.11 bits per heavy atom. The van der Waals surface area contributed by atoms with Crippen LogP contribution in [0.5, 0.6) is 0 Å². The molecular weight excluding hydrogens is 301 g/mol. The third-order valence-electron chi connectivity index (χ3n) is 2.65. The van der Waals surface area contributed by atoms with Crippen molar-refractivity contribution in [3.8, 4) is 0 Å². The summed E-state index contributed by atoms with van der Waals surface area (Å²) in [5, 5.41) is 2.16. The molecule has 0 fully saturated rings. The molecule has 0 saturated heterocycles. The van der Waals surface area contributed by atoms with Gasteiger partial charge in [-0.3, -0.25) is 0 Å². The average Bonchev–Trinajstić information content (AvgIpc) is 2.81. The smallest absolute Gasteiger partial charge is 0.178 e.